The normalized spacial score (nSPS) is 10.7. The number of nitrogens with zero attached hydrogens (tertiary/aromatic N) is 8. The Hall–Kier alpha value is -5.42. The molecule has 0 atom stereocenters. The highest BCUT2D eigenvalue weighted by atomic mass is 19.1. The number of anilines is 3. The number of carbonyl (C=O) groups excluding carboxylic acids is 3. The predicted octanol–water partition coefficient (Wildman–Crippen LogP) is 0.118. The van der Waals surface area contributed by atoms with E-state index in [2.05, 4.69) is 20.1 Å². The molecule has 4 aromatic rings. The molecule has 0 aliphatic carbocycles. The van der Waals surface area contributed by atoms with E-state index >= 15 is 0 Å². The van der Waals surface area contributed by atoms with Gasteiger partial charge in [0, 0.05) is 18.8 Å². The Bertz CT molecular complexity index is 1500. The van der Waals surface area contributed by atoms with E-state index in [4.69, 9.17) is 28.0 Å². The van der Waals surface area contributed by atoms with Gasteiger partial charge in [0.2, 0.25) is 0 Å². The van der Waals surface area contributed by atoms with Crippen molar-refractivity contribution in [3.63, 3.8) is 0 Å². The fraction of sp³-hybridized carbons (Fsp3) is 0.0952. The van der Waals surface area contributed by atoms with Crippen molar-refractivity contribution in [2.45, 2.75) is 6.54 Å². The van der Waals surface area contributed by atoms with Gasteiger partial charge < -0.3 is 16.3 Å². The van der Waals surface area contributed by atoms with Crippen molar-refractivity contribution in [3.05, 3.63) is 54.0 Å². The summed E-state index contributed by atoms with van der Waals surface area (Å²) in [5, 5.41) is 6.56. The Balaban J connectivity index is 2.00. The lowest BCUT2D eigenvalue weighted by atomic mass is 10.2. The lowest BCUT2D eigenvalue weighted by Gasteiger charge is -2.26. The number of amides is 4. The monoisotopic (exact) mass is 524 g/mol. The molecule has 0 radical (unpaired) electrons. The first kappa shape index (κ1) is 25.7. The first-order valence-electron chi connectivity index (χ1n) is 10.6. The average molecular weight is 524 g/mol. The summed E-state index contributed by atoms with van der Waals surface area (Å²) in [5.74, 6) is 10.2. The third-order valence-corrected chi connectivity index (χ3v) is 5.29. The number of urea groups is 2. The van der Waals surface area contributed by atoms with Gasteiger partial charge in [-0.15, -0.1) is 0 Å². The Morgan fingerprint density at radius 3 is 2.26 bits per heavy atom. The fourth-order valence-corrected chi connectivity index (χ4v) is 3.55. The van der Waals surface area contributed by atoms with Gasteiger partial charge in [-0.05, 0) is 18.2 Å². The highest BCUT2D eigenvalue weighted by Gasteiger charge is 2.30. The molecule has 16 nitrogen and oxygen atoms in total. The van der Waals surface area contributed by atoms with E-state index in [1.54, 1.807) is 30.3 Å². The second-order valence-electron chi connectivity index (χ2n) is 7.63. The number of hydrazine groups is 2. The number of aromatic nitrogens is 5. The van der Waals surface area contributed by atoms with Gasteiger partial charge in [-0.2, -0.15) is 5.10 Å². The van der Waals surface area contributed by atoms with Crippen LogP contribution in [0.2, 0.25) is 0 Å². The third-order valence-electron chi connectivity index (χ3n) is 5.29. The number of pyridine rings is 1. The number of fused-ring (bicyclic) bond motifs is 1. The number of rotatable bonds is 8. The summed E-state index contributed by atoms with van der Waals surface area (Å²) in [6.45, 7) is 0.0593. The molecule has 0 aliphatic rings. The van der Waals surface area contributed by atoms with E-state index in [1.165, 1.54) is 24.0 Å². The first-order valence-corrected chi connectivity index (χ1v) is 10.6. The van der Waals surface area contributed by atoms with Crippen molar-refractivity contribution in [3.8, 4) is 11.5 Å². The summed E-state index contributed by atoms with van der Waals surface area (Å²) in [4.78, 5) is 52.7. The van der Waals surface area contributed by atoms with Crippen LogP contribution in [0.4, 0.5) is 31.3 Å². The Kier molecular flexibility index (Phi) is 6.95. The molecule has 17 heteroatoms. The van der Waals surface area contributed by atoms with E-state index in [0.29, 0.717) is 26.6 Å². The average Bonchev–Trinajstić information content (AvgIpc) is 3.26. The van der Waals surface area contributed by atoms with Crippen LogP contribution in [0.5, 0.6) is 0 Å². The zero-order chi connectivity index (χ0) is 27.6. The number of nitrogens with two attached hydrogens (primary N) is 4. The molecule has 0 aliphatic heterocycles. The molecule has 0 bridgehead atoms. The fourth-order valence-electron chi connectivity index (χ4n) is 3.55. The SMILES string of the molecule is CN(OC=O)c1c(N(N)C(N)=O)nc(-c2nn(Cc3ccccc3F)c3ncccc23)nc1N(N)C(N)=O. The lowest BCUT2D eigenvalue weighted by molar-refractivity contribution is -0.129. The Labute approximate surface area is 213 Å². The molecule has 3 aromatic heterocycles. The second kappa shape index (κ2) is 10.3. The second-order valence-corrected chi connectivity index (χ2v) is 7.63. The highest BCUT2D eigenvalue weighted by molar-refractivity contribution is 6.00. The number of primary amides is 2. The number of hydrogen-bond donors (Lipinski definition) is 4. The topological polar surface area (TPSA) is 231 Å². The number of carbonyl (C=O) groups is 3. The summed E-state index contributed by atoms with van der Waals surface area (Å²) >= 11 is 0. The van der Waals surface area contributed by atoms with Gasteiger partial charge in [-0.1, -0.05) is 18.2 Å². The number of hydrogen-bond acceptors (Lipinski definition) is 11. The standard InChI is InChI=1S/C21H21FN12O4/c1-31(38-10-35)15-18(33(25)20(23)36)28-16(29-19(15)34(26)21(24)37)14-12-6-4-8-27-17(12)32(30-14)9-11-5-2-3-7-13(11)22/h2-8,10H,9,25-26H2,1H3,(H2,23,36)(H2,24,37). The quantitative estimate of drug-likeness (QED) is 0.105. The van der Waals surface area contributed by atoms with E-state index in [-0.39, 0.29) is 30.2 Å². The van der Waals surface area contributed by atoms with Crippen LogP contribution >= 0.6 is 0 Å². The molecule has 0 saturated carbocycles. The molecular formula is C21H21FN12O4. The largest absolute Gasteiger partial charge is 0.350 e. The third kappa shape index (κ3) is 4.68. The number of halogens is 1. The highest BCUT2D eigenvalue weighted by Crippen LogP contribution is 2.37. The van der Waals surface area contributed by atoms with Crippen molar-refractivity contribution >= 4 is 46.9 Å². The van der Waals surface area contributed by atoms with E-state index < -0.39 is 29.5 Å². The van der Waals surface area contributed by atoms with Crippen LogP contribution in [0, 0.1) is 5.82 Å². The van der Waals surface area contributed by atoms with Crippen molar-refractivity contribution < 1.29 is 23.6 Å². The minimum absolute atomic E-state index is 0.00248. The van der Waals surface area contributed by atoms with Crippen LogP contribution in [0.15, 0.2) is 42.6 Å². The zero-order valence-electron chi connectivity index (χ0n) is 19.7. The van der Waals surface area contributed by atoms with Crippen LogP contribution in [-0.4, -0.2) is 50.3 Å². The molecule has 3 heterocycles. The molecule has 1 aromatic carbocycles. The predicted molar refractivity (Wildman–Crippen MR) is 132 cm³/mol. The van der Waals surface area contributed by atoms with Gasteiger partial charge >= 0.3 is 18.5 Å². The molecule has 196 valence electrons. The minimum Gasteiger partial charge on any atom is -0.350 e. The van der Waals surface area contributed by atoms with Crippen molar-refractivity contribution in [2.75, 3.05) is 22.1 Å². The molecular weight excluding hydrogens is 503 g/mol. The summed E-state index contributed by atoms with van der Waals surface area (Å²) in [5.41, 5.74) is 11.2. The summed E-state index contributed by atoms with van der Waals surface area (Å²) in [6.07, 6.45) is 1.52. The Morgan fingerprint density at radius 1 is 1.05 bits per heavy atom. The summed E-state index contributed by atoms with van der Waals surface area (Å²) in [6, 6.07) is 7.09. The van der Waals surface area contributed by atoms with Crippen LogP contribution < -0.4 is 38.2 Å². The smallest absolute Gasteiger partial charge is 0.335 e. The summed E-state index contributed by atoms with van der Waals surface area (Å²) in [7, 11) is 1.23. The van der Waals surface area contributed by atoms with Gasteiger partial charge in [0.15, 0.2) is 28.8 Å². The van der Waals surface area contributed by atoms with Crippen molar-refractivity contribution in [1.82, 2.24) is 24.7 Å². The van der Waals surface area contributed by atoms with Crippen molar-refractivity contribution in [2.24, 2.45) is 23.2 Å². The molecule has 4 amide bonds. The Morgan fingerprint density at radius 2 is 1.68 bits per heavy atom. The van der Waals surface area contributed by atoms with Crippen molar-refractivity contribution in [1.29, 1.82) is 0 Å². The van der Waals surface area contributed by atoms with Gasteiger partial charge in [0.25, 0.3) is 0 Å². The van der Waals surface area contributed by atoms with E-state index in [9.17, 15) is 18.8 Å². The molecule has 0 unspecified atom stereocenters. The molecule has 0 saturated heterocycles. The lowest BCUT2D eigenvalue weighted by Crippen LogP contribution is -2.46. The zero-order valence-corrected chi connectivity index (χ0v) is 19.7. The van der Waals surface area contributed by atoms with Gasteiger partial charge in [0.05, 0.1) is 11.9 Å². The molecule has 0 fully saturated rings. The van der Waals surface area contributed by atoms with Crippen LogP contribution in [-0.2, 0) is 16.2 Å². The summed E-state index contributed by atoms with van der Waals surface area (Å²) < 4.78 is 15.8. The maximum atomic E-state index is 14.4. The van der Waals surface area contributed by atoms with E-state index in [1.807, 2.05) is 0 Å². The number of hydroxylamine groups is 1. The first-order chi connectivity index (χ1) is 18.1. The van der Waals surface area contributed by atoms with Gasteiger partial charge in [-0.3, -0.25) is 4.79 Å². The minimum atomic E-state index is -1.17. The van der Waals surface area contributed by atoms with Gasteiger partial charge in [-0.25, -0.2) is 60.4 Å². The van der Waals surface area contributed by atoms with Crippen LogP contribution in [0.25, 0.3) is 22.6 Å². The molecule has 38 heavy (non-hydrogen) atoms. The molecule has 0 spiro atoms. The number of benzene rings is 1. The molecule has 8 N–H and O–H groups in total. The molecule has 4 rings (SSSR count). The van der Waals surface area contributed by atoms with Crippen LogP contribution in [0.1, 0.15) is 5.56 Å². The maximum absolute atomic E-state index is 14.4. The van der Waals surface area contributed by atoms with E-state index in [0.717, 1.165) is 5.06 Å². The maximum Gasteiger partial charge on any atom is 0.335 e. The van der Waals surface area contributed by atoms with Gasteiger partial charge in [0.1, 0.15) is 11.5 Å². The van der Waals surface area contributed by atoms with Crippen LogP contribution in [0.3, 0.4) is 0 Å².